The van der Waals surface area contributed by atoms with Crippen LogP contribution in [0.5, 0.6) is 0 Å². The van der Waals surface area contributed by atoms with Crippen LogP contribution in [0.25, 0.3) is 11.4 Å². The zero-order chi connectivity index (χ0) is 23.7. The van der Waals surface area contributed by atoms with Crippen LogP contribution in [0.3, 0.4) is 0 Å². The average molecular weight is 446 g/mol. The Hall–Kier alpha value is -4.40. The number of halogens is 1. The second-order valence-corrected chi connectivity index (χ2v) is 7.59. The summed E-state index contributed by atoms with van der Waals surface area (Å²) in [7, 11) is 0. The number of carboxylic acid groups (broad SMARTS) is 1. The van der Waals surface area contributed by atoms with Crippen molar-refractivity contribution in [3.8, 4) is 11.4 Å². The van der Waals surface area contributed by atoms with Gasteiger partial charge in [0.2, 0.25) is 11.8 Å². The van der Waals surface area contributed by atoms with E-state index in [2.05, 4.69) is 9.97 Å². The van der Waals surface area contributed by atoms with Crippen LogP contribution in [-0.2, 0) is 9.59 Å². The Morgan fingerprint density at radius 2 is 1.88 bits per heavy atom. The normalized spacial score (nSPS) is 15.8. The van der Waals surface area contributed by atoms with Gasteiger partial charge in [0.25, 0.3) is 0 Å². The number of nitrogens with zero attached hydrogens (tertiary/aromatic N) is 3. The summed E-state index contributed by atoms with van der Waals surface area (Å²) in [5.74, 6) is -3.39. The first-order chi connectivity index (χ1) is 15.8. The molecule has 2 amide bonds. The predicted molar refractivity (Wildman–Crippen MR) is 118 cm³/mol. The Labute approximate surface area is 188 Å². The third kappa shape index (κ3) is 4.20. The molecular weight excluding hydrogens is 427 g/mol. The SMILES string of the molecule is Cc1cc(N2C=C(C(=O)O)[C@H](c3cccc(F)c3)CC2=O)c(-c2ncccn2)cc1C(N)=O. The van der Waals surface area contributed by atoms with Crippen LogP contribution in [0.15, 0.2) is 66.6 Å². The molecule has 1 aliphatic heterocycles. The molecule has 1 aromatic heterocycles. The number of amides is 2. The molecule has 3 N–H and O–H groups in total. The highest BCUT2D eigenvalue weighted by Crippen LogP contribution is 2.39. The van der Waals surface area contributed by atoms with Crippen LogP contribution in [0.4, 0.5) is 10.1 Å². The second kappa shape index (κ2) is 8.62. The van der Waals surface area contributed by atoms with Crippen molar-refractivity contribution >= 4 is 23.5 Å². The van der Waals surface area contributed by atoms with E-state index in [0.29, 0.717) is 22.4 Å². The van der Waals surface area contributed by atoms with Crippen molar-refractivity contribution in [1.82, 2.24) is 9.97 Å². The number of benzene rings is 2. The standard InChI is InChI=1S/C24H19FN4O4/c1-13-8-20(18(10-16(13)22(26)31)23-27-6-3-7-28-23)29-12-19(24(32)33)17(11-21(29)30)14-4-2-5-15(25)9-14/h2-10,12,17H,11H2,1H3,(H2,26,31)(H,32,33)/t17-/m0/s1. The van der Waals surface area contributed by atoms with Crippen molar-refractivity contribution < 1.29 is 23.9 Å². The number of hydrogen-bond donors (Lipinski definition) is 2. The van der Waals surface area contributed by atoms with Gasteiger partial charge in [0.1, 0.15) is 5.82 Å². The molecule has 0 saturated heterocycles. The molecule has 3 aromatic rings. The zero-order valence-corrected chi connectivity index (χ0v) is 17.5. The topological polar surface area (TPSA) is 126 Å². The summed E-state index contributed by atoms with van der Waals surface area (Å²) >= 11 is 0. The number of hydrogen-bond acceptors (Lipinski definition) is 5. The van der Waals surface area contributed by atoms with Crippen molar-refractivity contribution in [1.29, 1.82) is 0 Å². The third-order valence-corrected chi connectivity index (χ3v) is 5.46. The van der Waals surface area contributed by atoms with Gasteiger partial charge >= 0.3 is 5.97 Å². The summed E-state index contributed by atoms with van der Waals surface area (Å²) in [5, 5.41) is 9.86. The van der Waals surface area contributed by atoms with Gasteiger partial charge in [0.05, 0.1) is 11.3 Å². The van der Waals surface area contributed by atoms with Crippen molar-refractivity contribution in [3.63, 3.8) is 0 Å². The molecule has 0 radical (unpaired) electrons. The van der Waals surface area contributed by atoms with Crippen molar-refractivity contribution in [2.45, 2.75) is 19.3 Å². The summed E-state index contributed by atoms with van der Waals surface area (Å²) in [6.07, 6.45) is 4.06. The van der Waals surface area contributed by atoms with Crippen LogP contribution in [0, 0.1) is 12.7 Å². The Kier molecular flexibility index (Phi) is 5.70. The first-order valence-corrected chi connectivity index (χ1v) is 10.0. The van der Waals surface area contributed by atoms with E-state index in [9.17, 15) is 23.9 Å². The van der Waals surface area contributed by atoms with E-state index >= 15 is 0 Å². The first-order valence-electron chi connectivity index (χ1n) is 10.0. The lowest BCUT2D eigenvalue weighted by Crippen LogP contribution is -2.35. The van der Waals surface area contributed by atoms with E-state index in [1.807, 2.05) is 0 Å². The van der Waals surface area contributed by atoms with Gasteiger partial charge in [-0.1, -0.05) is 12.1 Å². The summed E-state index contributed by atoms with van der Waals surface area (Å²) in [6, 6.07) is 10.2. The summed E-state index contributed by atoms with van der Waals surface area (Å²) < 4.78 is 13.8. The molecule has 0 unspecified atom stereocenters. The Balaban J connectivity index is 1.90. The number of carbonyl (C=O) groups is 3. The lowest BCUT2D eigenvalue weighted by Gasteiger charge is -2.31. The fourth-order valence-electron chi connectivity index (χ4n) is 3.89. The minimum atomic E-state index is -1.23. The van der Waals surface area contributed by atoms with Crippen molar-refractivity contribution in [2.24, 2.45) is 5.73 Å². The number of aliphatic carboxylic acids is 1. The Morgan fingerprint density at radius 3 is 2.52 bits per heavy atom. The third-order valence-electron chi connectivity index (χ3n) is 5.46. The number of aryl methyl sites for hydroxylation is 1. The van der Waals surface area contributed by atoms with E-state index < -0.39 is 29.5 Å². The largest absolute Gasteiger partial charge is 0.478 e. The van der Waals surface area contributed by atoms with Gasteiger partial charge < -0.3 is 10.8 Å². The molecule has 0 spiro atoms. The number of carboxylic acids is 1. The molecular formula is C24H19FN4O4. The van der Waals surface area contributed by atoms with Gasteiger partial charge in [0.15, 0.2) is 5.82 Å². The molecule has 2 aromatic carbocycles. The van der Waals surface area contributed by atoms with Crippen LogP contribution < -0.4 is 10.6 Å². The van der Waals surface area contributed by atoms with Gasteiger partial charge in [-0.05, 0) is 48.4 Å². The summed E-state index contributed by atoms with van der Waals surface area (Å²) in [4.78, 5) is 46.8. The molecule has 33 heavy (non-hydrogen) atoms. The summed E-state index contributed by atoms with van der Waals surface area (Å²) in [5.41, 5.74) is 7.19. The quantitative estimate of drug-likeness (QED) is 0.620. The summed E-state index contributed by atoms with van der Waals surface area (Å²) in [6.45, 7) is 1.66. The van der Waals surface area contributed by atoms with E-state index in [1.165, 1.54) is 47.8 Å². The van der Waals surface area contributed by atoms with Crippen molar-refractivity contribution in [2.75, 3.05) is 4.90 Å². The maximum atomic E-state index is 13.8. The van der Waals surface area contributed by atoms with Gasteiger partial charge in [-0.15, -0.1) is 0 Å². The number of rotatable bonds is 5. The van der Waals surface area contributed by atoms with Crippen LogP contribution in [-0.4, -0.2) is 32.9 Å². The second-order valence-electron chi connectivity index (χ2n) is 7.59. The fourth-order valence-corrected chi connectivity index (χ4v) is 3.89. The highest BCUT2D eigenvalue weighted by atomic mass is 19.1. The number of nitrogens with two attached hydrogens (primary N) is 1. The van der Waals surface area contributed by atoms with Crippen LogP contribution >= 0.6 is 0 Å². The monoisotopic (exact) mass is 446 g/mol. The Bertz CT molecular complexity index is 1310. The lowest BCUT2D eigenvalue weighted by molar-refractivity contribution is -0.133. The molecule has 0 bridgehead atoms. The number of primary amides is 1. The molecule has 4 rings (SSSR count). The molecule has 0 aliphatic carbocycles. The van der Waals surface area contributed by atoms with Crippen LogP contribution in [0.1, 0.15) is 33.8 Å². The van der Waals surface area contributed by atoms with Gasteiger partial charge in [-0.2, -0.15) is 0 Å². The molecule has 1 aliphatic rings. The van der Waals surface area contributed by atoms with Gasteiger partial charge in [-0.3, -0.25) is 14.5 Å². The smallest absolute Gasteiger partial charge is 0.333 e. The van der Waals surface area contributed by atoms with Crippen molar-refractivity contribution in [3.05, 3.63) is 89.1 Å². The Morgan fingerprint density at radius 1 is 1.15 bits per heavy atom. The van der Waals surface area contributed by atoms with E-state index in [0.717, 1.165) is 0 Å². The number of carbonyl (C=O) groups excluding carboxylic acids is 2. The molecule has 1 atom stereocenters. The van der Waals surface area contributed by atoms with Crippen LogP contribution in [0.2, 0.25) is 0 Å². The van der Waals surface area contributed by atoms with E-state index in [1.54, 1.807) is 25.1 Å². The molecule has 0 fully saturated rings. The van der Waals surface area contributed by atoms with Gasteiger partial charge in [0, 0.05) is 42.1 Å². The predicted octanol–water partition coefficient (Wildman–Crippen LogP) is 3.18. The maximum absolute atomic E-state index is 13.8. The molecule has 0 saturated carbocycles. The van der Waals surface area contributed by atoms with E-state index in [-0.39, 0.29) is 23.4 Å². The minimum Gasteiger partial charge on any atom is -0.478 e. The maximum Gasteiger partial charge on any atom is 0.333 e. The highest BCUT2D eigenvalue weighted by molar-refractivity contribution is 6.06. The average Bonchev–Trinajstić information content (AvgIpc) is 2.79. The number of anilines is 1. The molecule has 2 heterocycles. The van der Waals surface area contributed by atoms with E-state index in [4.69, 9.17) is 5.73 Å². The zero-order valence-electron chi connectivity index (χ0n) is 17.5. The molecule has 166 valence electrons. The first kappa shape index (κ1) is 21.8. The minimum absolute atomic E-state index is 0.0724. The fraction of sp³-hybridized carbons (Fsp3) is 0.125. The lowest BCUT2D eigenvalue weighted by atomic mass is 9.85. The number of aromatic nitrogens is 2. The molecule has 9 heteroatoms. The molecule has 8 nitrogen and oxygen atoms in total. The highest BCUT2D eigenvalue weighted by Gasteiger charge is 2.34. The van der Waals surface area contributed by atoms with Gasteiger partial charge in [-0.25, -0.2) is 19.2 Å².